The van der Waals surface area contributed by atoms with Crippen molar-refractivity contribution < 1.29 is 23.8 Å². The fourth-order valence-electron chi connectivity index (χ4n) is 2.60. The van der Waals surface area contributed by atoms with E-state index in [9.17, 15) is 14.9 Å². The predicted octanol–water partition coefficient (Wildman–Crippen LogP) is 4.86. The van der Waals surface area contributed by atoms with Gasteiger partial charge in [-0.1, -0.05) is 18.5 Å². The minimum Gasteiger partial charge on any atom is -0.490 e. The normalized spacial score (nSPS) is 10.7. The van der Waals surface area contributed by atoms with Gasteiger partial charge in [0.15, 0.2) is 11.5 Å². The molecule has 0 aromatic heterocycles. The third kappa shape index (κ3) is 6.49. The molecule has 2 aromatic carbocycles. The predicted molar refractivity (Wildman–Crippen MR) is 118 cm³/mol. The highest BCUT2D eigenvalue weighted by molar-refractivity contribution is 6.32. The van der Waals surface area contributed by atoms with Gasteiger partial charge in [0, 0.05) is 5.69 Å². The molecular formula is C23H23ClN2O5. The fourth-order valence-corrected chi connectivity index (χ4v) is 2.87. The van der Waals surface area contributed by atoms with Crippen molar-refractivity contribution in [2.45, 2.75) is 20.3 Å². The van der Waals surface area contributed by atoms with E-state index in [1.54, 1.807) is 24.3 Å². The van der Waals surface area contributed by atoms with Crippen molar-refractivity contribution in [3.63, 3.8) is 0 Å². The first-order valence-electron chi connectivity index (χ1n) is 9.64. The molecule has 1 amide bonds. The van der Waals surface area contributed by atoms with Gasteiger partial charge < -0.3 is 19.5 Å². The first kappa shape index (κ1) is 23.8. The maximum atomic E-state index is 12.5. The van der Waals surface area contributed by atoms with Gasteiger partial charge in [0.2, 0.25) is 0 Å². The molecule has 2 rings (SSSR count). The molecule has 0 aliphatic heterocycles. The van der Waals surface area contributed by atoms with Crippen LogP contribution in [0.5, 0.6) is 11.5 Å². The summed E-state index contributed by atoms with van der Waals surface area (Å²) >= 11 is 6.34. The molecule has 162 valence electrons. The summed E-state index contributed by atoms with van der Waals surface area (Å²) < 4.78 is 15.9. The van der Waals surface area contributed by atoms with Crippen LogP contribution in [0.4, 0.5) is 5.69 Å². The second-order valence-electron chi connectivity index (χ2n) is 6.30. The second-order valence-corrected chi connectivity index (χ2v) is 6.71. The van der Waals surface area contributed by atoms with Crippen molar-refractivity contribution in [2.75, 3.05) is 25.6 Å². The number of nitrogens with zero attached hydrogens (tertiary/aromatic N) is 1. The van der Waals surface area contributed by atoms with Crippen LogP contribution in [-0.4, -0.2) is 32.2 Å². The van der Waals surface area contributed by atoms with Crippen LogP contribution in [0.15, 0.2) is 42.0 Å². The molecule has 0 heterocycles. The van der Waals surface area contributed by atoms with E-state index < -0.39 is 11.9 Å². The van der Waals surface area contributed by atoms with E-state index in [-0.39, 0.29) is 5.57 Å². The van der Waals surface area contributed by atoms with Crippen LogP contribution in [0.25, 0.3) is 6.08 Å². The fraction of sp³-hybridized carbons (Fsp3) is 0.261. The highest BCUT2D eigenvalue weighted by atomic mass is 35.5. The Morgan fingerprint density at radius 1 is 1.16 bits per heavy atom. The molecular weight excluding hydrogens is 420 g/mol. The van der Waals surface area contributed by atoms with Crippen molar-refractivity contribution in [1.82, 2.24) is 0 Å². The number of halogens is 1. The zero-order valence-electron chi connectivity index (χ0n) is 17.5. The van der Waals surface area contributed by atoms with E-state index in [1.165, 1.54) is 25.3 Å². The number of hydrogen-bond donors (Lipinski definition) is 1. The Morgan fingerprint density at radius 3 is 2.45 bits per heavy atom. The number of esters is 1. The number of ether oxygens (including phenoxy) is 3. The molecule has 0 atom stereocenters. The molecule has 0 spiro atoms. The summed E-state index contributed by atoms with van der Waals surface area (Å²) in [6.07, 6.45) is 2.22. The van der Waals surface area contributed by atoms with Crippen molar-refractivity contribution in [2.24, 2.45) is 0 Å². The minimum atomic E-state index is -0.603. The number of amides is 1. The Hall–Kier alpha value is -3.50. The molecule has 7 nitrogen and oxygen atoms in total. The maximum Gasteiger partial charge on any atom is 0.337 e. The number of nitriles is 1. The van der Waals surface area contributed by atoms with E-state index in [2.05, 4.69) is 10.1 Å². The van der Waals surface area contributed by atoms with Gasteiger partial charge in [0.25, 0.3) is 5.91 Å². The smallest absolute Gasteiger partial charge is 0.337 e. The Labute approximate surface area is 186 Å². The van der Waals surface area contributed by atoms with Crippen LogP contribution in [0.2, 0.25) is 5.02 Å². The van der Waals surface area contributed by atoms with Crippen LogP contribution >= 0.6 is 11.6 Å². The number of benzene rings is 2. The molecule has 2 aromatic rings. The third-order valence-corrected chi connectivity index (χ3v) is 4.30. The highest BCUT2D eigenvalue weighted by Gasteiger charge is 2.15. The lowest BCUT2D eigenvalue weighted by molar-refractivity contribution is -0.112. The van der Waals surface area contributed by atoms with E-state index in [0.29, 0.717) is 46.5 Å². The standard InChI is InChI=1S/C23H23ClN2O5/c1-4-10-31-21-19(24)12-15(13-20(21)30-5-2)11-17(14-25)22(27)26-18-8-6-16(7-9-18)23(28)29-3/h6-9,11-13H,4-5,10H2,1-3H3,(H,26,27)/b17-11+. The Bertz CT molecular complexity index is 1010. The SMILES string of the molecule is CCCOc1c(Cl)cc(/C=C(\C#N)C(=O)Nc2ccc(C(=O)OC)cc2)cc1OCC. The van der Waals surface area contributed by atoms with Crippen molar-refractivity contribution in [1.29, 1.82) is 5.26 Å². The molecule has 0 fully saturated rings. The van der Waals surface area contributed by atoms with Crippen LogP contribution < -0.4 is 14.8 Å². The summed E-state index contributed by atoms with van der Waals surface area (Å²) in [7, 11) is 1.29. The number of anilines is 1. The summed E-state index contributed by atoms with van der Waals surface area (Å²) in [6, 6.07) is 11.3. The summed E-state index contributed by atoms with van der Waals surface area (Å²) in [5.74, 6) is -0.223. The van der Waals surface area contributed by atoms with E-state index in [1.807, 2.05) is 19.9 Å². The lowest BCUT2D eigenvalue weighted by Crippen LogP contribution is -2.13. The second kappa shape index (κ2) is 11.6. The number of hydrogen-bond acceptors (Lipinski definition) is 6. The van der Waals surface area contributed by atoms with Gasteiger partial charge in [0.1, 0.15) is 11.6 Å². The first-order chi connectivity index (χ1) is 14.9. The number of nitrogens with one attached hydrogen (secondary N) is 1. The lowest BCUT2D eigenvalue weighted by atomic mass is 10.1. The van der Waals surface area contributed by atoms with Gasteiger partial charge in [-0.15, -0.1) is 0 Å². The maximum absolute atomic E-state index is 12.5. The van der Waals surface area contributed by atoms with Gasteiger partial charge >= 0.3 is 5.97 Å². The van der Waals surface area contributed by atoms with E-state index in [4.69, 9.17) is 21.1 Å². The molecule has 0 saturated carbocycles. The Balaban J connectivity index is 2.26. The van der Waals surface area contributed by atoms with Crippen LogP contribution in [-0.2, 0) is 9.53 Å². The van der Waals surface area contributed by atoms with Crippen LogP contribution in [0.3, 0.4) is 0 Å². The molecule has 1 N–H and O–H groups in total. The molecule has 0 bridgehead atoms. The monoisotopic (exact) mass is 442 g/mol. The molecule has 0 radical (unpaired) electrons. The van der Waals surface area contributed by atoms with Crippen molar-refractivity contribution >= 4 is 35.2 Å². The third-order valence-electron chi connectivity index (χ3n) is 4.02. The Morgan fingerprint density at radius 2 is 1.87 bits per heavy atom. The van der Waals surface area contributed by atoms with Gasteiger partial charge in [-0.2, -0.15) is 5.26 Å². The van der Waals surface area contributed by atoms with Crippen LogP contribution in [0, 0.1) is 11.3 Å². The molecule has 0 aliphatic carbocycles. The van der Waals surface area contributed by atoms with Crippen molar-refractivity contribution in [3.05, 3.63) is 58.1 Å². The zero-order chi connectivity index (χ0) is 22.8. The average Bonchev–Trinajstić information content (AvgIpc) is 2.77. The van der Waals surface area contributed by atoms with Gasteiger partial charge in [-0.25, -0.2) is 4.79 Å². The minimum absolute atomic E-state index is 0.127. The summed E-state index contributed by atoms with van der Waals surface area (Å²) in [5, 5.41) is 12.4. The molecule has 0 saturated heterocycles. The summed E-state index contributed by atoms with van der Waals surface area (Å²) in [4.78, 5) is 24.0. The lowest BCUT2D eigenvalue weighted by Gasteiger charge is -2.14. The Kier molecular flexibility index (Phi) is 8.92. The van der Waals surface area contributed by atoms with Gasteiger partial charge in [-0.05, 0) is 61.4 Å². The summed E-state index contributed by atoms with van der Waals surface area (Å²) in [6.45, 7) is 4.69. The van der Waals surface area contributed by atoms with Gasteiger partial charge in [0.05, 0.1) is 30.9 Å². The highest BCUT2D eigenvalue weighted by Crippen LogP contribution is 2.37. The molecule has 8 heteroatoms. The number of carbonyl (C=O) groups excluding carboxylic acids is 2. The largest absolute Gasteiger partial charge is 0.490 e. The van der Waals surface area contributed by atoms with Crippen LogP contribution in [0.1, 0.15) is 36.2 Å². The topological polar surface area (TPSA) is 97.7 Å². The quantitative estimate of drug-likeness (QED) is 0.338. The molecule has 0 aliphatic rings. The van der Waals surface area contributed by atoms with Crippen molar-refractivity contribution in [3.8, 4) is 17.6 Å². The van der Waals surface area contributed by atoms with E-state index >= 15 is 0 Å². The summed E-state index contributed by atoms with van der Waals surface area (Å²) in [5.41, 5.74) is 1.16. The van der Waals surface area contributed by atoms with E-state index in [0.717, 1.165) is 6.42 Å². The molecule has 31 heavy (non-hydrogen) atoms. The molecule has 0 unspecified atom stereocenters. The number of carbonyl (C=O) groups is 2. The first-order valence-corrected chi connectivity index (χ1v) is 10.0. The number of rotatable bonds is 9. The zero-order valence-corrected chi connectivity index (χ0v) is 18.3. The number of methoxy groups -OCH3 is 1. The average molecular weight is 443 g/mol. The van der Waals surface area contributed by atoms with Gasteiger partial charge in [-0.3, -0.25) is 4.79 Å².